The molecule has 0 amide bonds. The molecule has 0 saturated carbocycles. The van der Waals surface area contributed by atoms with Crippen molar-refractivity contribution in [2.45, 2.75) is 33.8 Å². The Hall–Kier alpha value is -2.30. The molecule has 0 fully saturated rings. The third kappa shape index (κ3) is 5.24. The van der Waals surface area contributed by atoms with Crippen molar-refractivity contribution in [3.05, 3.63) is 36.5 Å². The highest BCUT2D eigenvalue weighted by Crippen LogP contribution is 2.19. The molecule has 0 bridgehead atoms. The summed E-state index contributed by atoms with van der Waals surface area (Å²) >= 11 is 0. The van der Waals surface area contributed by atoms with Crippen LogP contribution in [0.1, 0.15) is 27.7 Å². The summed E-state index contributed by atoms with van der Waals surface area (Å²) in [4.78, 5) is 8.69. The normalized spacial score (nSPS) is 10.8. The molecule has 1 aromatic heterocycles. The molecular formula is C17H24N4O. The summed E-state index contributed by atoms with van der Waals surface area (Å²) in [6, 6.07) is 9.64. The van der Waals surface area contributed by atoms with Gasteiger partial charge in [0.1, 0.15) is 11.6 Å². The molecule has 2 rings (SSSR count). The van der Waals surface area contributed by atoms with Gasteiger partial charge in [0.05, 0.1) is 6.10 Å². The maximum Gasteiger partial charge on any atom is 0.229 e. The molecule has 0 atom stereocenters. The number of hydrogen-bond donors (Lipinski definition) is 2. The van der Waals surface area contributed by atoms with Gasteiger partial charge >= 0.3 is 0 Å². The first-order chi connectivity index (χ1) is 10.5. The minimum Gasteiger partial charge on any atom is -0.491 e. The molecule has 1 aromatic carbocycles. The first-order valence-corrected chi connectivity index (χ1v) is 7.63. The highest BCUT2D eigenvalue weighted by atomic mass is 16.5. The van der Waals surface area contributed by atoms with E-state index in [1.165, 1.54) is 0 Å². The Balaban J connectivity index is 1.99. The number of aromatic nitrogens is 2. The van der Waals surface area contributed by atoms with Gasteiger partial charge in [-0.2, -0.15) is 4.98 Å². The summed E-state index contributed by atoms with van der Waals surface area (Å²) in [5.41, 5.74) is 0.928. The molecule has 1 heterocycles. The summed E-state index contributed by atoms with van der Waals surface area (Å²) in [5, 5.41) is 6.48. The Morgan fingerprint density at radius 2 is 1.77 bits per heavy atom. The predicted octanol–water partition coefficient (Wildman–Crippen LogP) is 4.08. The van der Waals surface area contributed by atoms with Gasteiger partial charge in [0.15, 0.2) is 0 Å². The summed E-state index contributed by atoms with van der Waals surface area (Å²) in [6.07, 6.45) is 1.92. The van der Waals surface area contributed by atoms with E-state index in [1.54, 1.807) is 6.20 Å². The molecule has 5 heteroatoms. The fourth-order valence-corrected chi connectivity index (χ4v) is 1.84. The van der Waals surface area contributed by atoms with Gasteiger partial charge in [-0.05, 0) is 50.1 Å². The number of nitrogens with one attached hydrogen (secondary N) is 2. The highest BCUT2D eigenvalue weighted by molar-refractivity contribution is 5.55. The van der Waals surface area contributed by atoms with E-state index in [0.717, 1.165) is 23.8 Å². The van der Waals surface area contributed by atoms with Gasteiger partial charge in [0.2, 0.25) is 5.95 Å². The van der Waals surface area contributed by atoms with Gasteiger partial charge in [-0.1, -0.05) is 13.8 Å². The second kappa shape index (κ2) is 7.64. The van der Waals surface area contributed by atoms with Crippen molar-refractivity contribution in [3.63, 3.8) is 0 Å². The van der Waals surface area contributed by atoms with Gasteiger partial charge in [-0.3, -0.25) is 0 Å². The third-order valence-electron chi connectivity index (χ3n) is 2.83. The Labute approximate surface area is 132 Å². The fourth-order valence-electron chi connectivity index (χ4n) is 1.84. The maximum atomic E-state index is 5.62. The lowest BCUT2D eigenvalue weighted by Crippen LogP contribution is -2.10. The van der Waals surface area contributed by atoms with Gasteiger partial charge in [-0.15, -0.1) is 0 Å². The van der Waals surface area contributed by atoms with Crippen LogP contribution in [0.5, 0.6) is 5.75 Å². The number of rotatable bonds is 7. The SMILES string of the molecule is CC(C)CNc1ccnc(Nc2ccc(OC(C)C)cc2)n1. The highest BCUT2D eigenvalue weighted by Gasteiger charge is 2.02. The van der Waals surface area contributed by atoms with E-state index in [2.05, 4.69) is 34.4 Å². The predicted molar refractivity (Wildman–Crippen MR) is 90.8 cm³/mol. The molecule has 0 spiro atoms. The van der Waals surface area contributed by atoms with Gasteiger partial charge in [0, 0.05) is 18.4 Å². The smallest absolute Gasteiger partial charge is 0.229 e. The average molecular weight is 300 g/mol. The van der Waals surface area contributed by atoms with E-state index in [9.17, 15) is 0 Å². The van der Waals surface area contributed by atoms with E-state index in [4.69, 9.17) is 4.74 Å². The molecule has 22 heavy (non-hydrogen) atoms. The zero-order chi connectivity index (χ0) is 15.9. The lowest BCUT2D eigenvalue weighted by atomic mass is 10.2. The quantitative estimate of drug-likeness (QED) is 0.807. The van der Waals surface area contributed by atoms with Crippen molar-refractivity contribution in [1.82, 2.24) is 9.97 Å². The van der Waals surface area contributed by atoms with E-state index in [0.29, 0.717) is 11.9 Å². The molecule has 0 aliphatic heterocycles. The second-order valence-corrected chi connectivity index (χ2v) is 5.86. The first-order valence-electron chi connectivity index (χ1n) is 7.63. The third-order valence-corrected chi connectivity index (χ3v) is 2.83. The minimum absolute atomic E-state index is 0.172. The van der Waals surface area contributed by atoms with Crippen LogP contribution in [-0.2, 0) is 0 Å². The van der Waals surface area contributed by atoms with E-state index in [1.807, 2.05) is 44.2 Å². The van der Waals surface area contributed by atoms with Crippen molar-refractivity contribution in [2.24, 2.45) is 5.92 Å². The van der Waals surface area contributed by atoms with Crippen LogP contribution in [0, 0.1) is 5.92 Å². The fraction of sp³-hybridized carbons (Fsp3) is 0.412. The topological polar surface area (TPSA) is 59.1 Å². The Bertz CT molecular complexity index is 581. The average Bonchev–Trinajstić information content (AvgIpc) is 2.47. The Kier molecular flexibility index (Phi) is 5.58. The van der Waals surface area contributed by atoms with Gasteiger partial charge in [0.25, 0.3) is 0 Å². The summed E-state index contributed by atoms with van der Waals surface area (Å²) in [6.45, 7) is 9.23. The van der Waals surface area contributed by atoms with Crippen molar-refractivity contribution in [3.8, 4) is 5.75 Å². The standard InChI is InChI=1S/C17H24N4O/c1-12(2)11-19-16-9-10-18-17(21-16)20-14-5-7-15(8-6-14)22-13(3)4/h5-10,12-13H,11H2,1-4H3,(H2,18,19,20,21). The molecule has 0 unspecified atom stereocenters. The van der Waals surface area contributed by atoms with Crippen LogP contribution in [0.15, 0.2) is 36.5 Å². The molecule has 2 aromatic rings. The van der Waals surface area contributed by atoms with Crippen molar-refractivity contribution >= 4 is 17.5 Å². The van der Waals surface area contributed by atoms with E-state index in [-0.39, 0.29) is 6.10 Å². The molecule has 118 valence electrons. The lowest BCUT2D eigenvalue weighted by Gasteiger charge is -2.11. The molecule has 0 saturated heterocycles. The molecule has 2 N–H and O–H groups in total. The number of hydrogen-bond acceptors (Lipinski definition) is 5. The van der Waals surface area contributed by atoms with Crippen LogP contribution >= 0.6 is 0 Å². The molecule has 0 radical (unpaired) electrons. The first kappa shape index (κ1) is 16.1. The van der Waals surface area contributed by atoms with Crippen LogP contribution < -0.4 is 15.4 Å². The van der Waals surface area contributed by atoms with Crippen molar-refractivity contribution < 1.29 is 4.74 Å². The number of ether oxygens (including phenoxy) is 1. The molecule has 0 aliphatic rings. The minimum atomic E-state index is 0.172. The monoisotopic (exact) mass is 300 g/mol. The lowest BCUT2D eigenvalue weighted by molar-refractivity contribution is 0.242. The maximum absolute atomic E-state index is 5.62. The second-order valence-electron chi connectivity index (χ2n) is 5.86. The van der Waals surface area contributed by atoms with Crippen LogP contribution in [0.4, 0.5) is 17.5 Å². The van der Waals surface area contributed by atoms with Crippen molar-refractivity contribution in [1.29, 1.82) is 0 Å². The van der Waals surface area contributed by atoms with Gasteiger partial charge < -0.3 is 15.4 Å². The number of anilines is 3. The summed E-state index contributed by atoms with van der Waals surface area (Å²) in [5.74, 6) is 2.82. The molecule has 5 nitrogen and oxygen atoms in total. The Morgan fingerprint density at radius 3 is 2.41 bits per heavy atom. The van der Waals surface area contributed by atoms with Crippen LogP contribution in [0.2, 0.25) is 0 Å². The summed E-state index contributed by atoms with van der Waals surface area (Å²) in [7, 11) is 0. The van der Waals surface area contributed by atoms with Crippen molar-refractivity contribution in [2.75, 3.05) is 17.2 Å². The number of benzene rings is 1. The van der Waals surface area contributed by atoms with E-state index < -0.39 is 0 Å². The molecule has 0 aliphatic carbocycles. The largest absolute Gasteiger partial charge is 0.491 e. The number of nitrogens with zero attached hydrogens (tertiary/aromatic N) is 2. The van der Waals surface area contributed by atoms with E-state index >= 15 is 0 Å². The van der Waals surface area contributed by atoms with Crippen LogP contribution in [0.3, 0.4) is 0 Å². The zero-order valence-corrected chi connectivity index (χ0v) is 13.6. The molecular weight excluding hydrogens is 276 g/mol. The Morgan fingerprint density at radius 1 is 1.05 bits per heavy atom. The van der Waals surface area contributed by atoms with Crippen LogP contribution in [-0.4, -0.2) is 22.6 Å². The van der Waals surface area contributed by atoms with Gasteiger partial charge in [-0.25, -0.2) is 4.98 Å². The van der Waals surface area contributed by atoms with Crippen LogP contribution in [0.25, 0.3) is 0 Å². The summed E-state index contributed by atoms with van der Waals surface area (Å²) < 4.78 is 5.62. The zero-order valence-electron chi connectivity index (χ0n) is 13.6.